The molecule has 2 rings (SSSR count). The minimum atomic E-state index is -0.471. The molecule has 2 aromatic carbocycles. The van der Waals surface area contributed by atoms with Gasteiger partial charge in [-0.3, -0.25) is 9.59 Å². The highest BCUT2D eigenvalue weighted by Gasteiger charge is 2.09. The summed E-state index contributed by atoms with van der Waals surface area (Å²) >= 11 is 6.02. The van der Waals surface area contributed by atoms with E-state index in [0.717, 1.165) is 5.56 Å². The third kappa shape index (κ3) is 5.32. The summed E-state index contributed by atoms with van der Waals surface area (Å²) in [4.78, 5) is 24.0. The van der Waals surface area contributed by atoms with Crippen molar-refractivity contribution in [2.75, 3.05) is 5.32 Å². The zero-order chi connectivity index (χ0) is 18.4. The van der Waals surface area contributed by atoms with Crippen LogP contribution in [0.1, 0.15) is 29.3 Å². The van der Waals surface area contributed by atoms with Gasteiger partial charge in [0, 0.05) is 22.0 Å². The summed E-state index contributed by atoms with van der Waals surface area (Å²) in [6.45, 7) is 3.45. The fourth-order valence-corrected chi connectivity index (χ4v) is 2.24. The molecule has 0 bridgehead atoms. The number of aromatic hydroxyl groups is 1. The van der Waals surface area contributed by atoms with Gasteiger partial charge in [-0.2, -0.15) is 5.10 Å². The van der Waals surface area contributed by atoms with Gasteiger partial charge in [0.05, 0.1) is 6.42 Å². The molecular weight excluding hydrogens is 342 g/mol. The lowest BCUT2D eigenvalue weighted by molar-refractivity contribution is -0.115. The Hall–Kier alpha value is -2.86. The SMILES string of the molecule is CC(CC(=O)Nc1cccc(Cl)c1C)=NNC(=O)c1cccc(O)c1. The topological polar surface area (TPSA) is 90.8 Å². The van der Waals surface area contributed by atoms with Crippen LogP contribution in [-0.2, 0) is 4.79 Å². The number of amides is 2. The predicted octanol–water partition coefficient (Wildman–Crippen LogP) is 3.49. The standard InChI is InChI=1S/C18H18ClN3O3/c1-11(21-22-18(25)13-5-3-6-14(23)10-13)9-17(24)20-16-8-4-7-15(19)12(16)2/h3-8,10,23H,9H2,1-2H3,(H,20,24)(H,22,25). The molecule has 0 aliphatic rings. The van der Waals surface area contributed by atoms with Crippen LogP contribution >= 0.6 is 11.6 Å². The van der Waals surface area contributed by atoms with Crippen LogP contribution in [0.25, 0.3) is 0 Å². The monoisotopic (exact) mass is 359 g/mol. The summed E-state index contributed by atoms with van der Waals surface area (Å²) in [5.41, 5.74) is 4.48. The van der Waals surface area contributed by atoms with Crippen molar-refractivity contribution in [3.8, 4) is 5.75 Å². The van der Waals surface area contributed by atoms with Gasteiger partial charge in [-0.05, 0) is 49.7 Å². The number of benzene rings is 2. The van der Waals surface area contributed by atoms with Gasteiger partial charge >= 0.3 is 0 Å². The van der Waals surface area contributed by atoms with E-state index in [1.807, 2.05) is 6.92 Å². The molecular formula is C18H18ClN3O3. The van der Waals surface area contributed by atoms with E-state index in [4.69, 9.17) is 11.6 Å². The van der Waals surface area contributed by atoms with E-state index in [1.54, 1.807) is 37.3 Å². The van der Waals surface area contributed by atoms with Gasteiger partial charge in [0.15, 0.2) is 0 Å². The summed E-state index contributed by atoms with van der Waals surface area (Å²) in [6.07, 6.45) is 0.0201. The first kappa shape index (κ1) is 18.5. The molecule has 0 saturated heterocycles. The Bertz CT molecular complexity index is 834. The summed E-state index contributed by atoms with van der Waals surface area (Å²) < 4.78 is 0. The highest BCUT2D eigenvalue weighted by Crippen LogP contribution is 2.22. The molecule has 2 aromatic rings. The number of anilines is 1. The maximum absolute atomic E-state index is 12.1. The normalized spacial score (nSPS) is 11.1. The number of nitrogens with zero attached hydrogens (tertiary/aromatic N) is 1. The number of phenolic OH excluding ortho intramolecular Hbond substituents is 1. The average molecular weight is 360 g/mol. The van der Waals surface area contributed by atoms with E-state index in [-0.39, 0.29) is 23.6 Å². The molecule has 7 heteroatoms. The molecule has 0 aromatic heterocycles. The molecule has 3 N–H and O–H groups in total. The van der Waals surface area contributed by atoms with E-state index in [1.165, 1.54) is 12.1 Å². The van der Waals surface area contributed by atoms with Crippen LogP contribution in [0.15, 0.2) is 47.6 Å². The van der Waals surface area contributed by atoms with Crippen molar-refractivity contribution in [2.24, 2.45) is 5.10 Å². The van der Waals surface area contributed by atoms with Crippen molar-refractivity contribution < 1.29 is 14.7 Å². The van der Waals surface area contributed by atoms with Crippen LogP contribution < -0.4 is 10.7 Å². The van der Waals surface area contributed by atoms with E-state index >= 15 is 0 Å². The maximum Gasteiger partial charge on any atom is 0.271 e. The van der Waals surface area contributed by atoms with Crippen LogP contribution in [0.2, 0.25) is 5.02 Å². The van der Waals surface area contributed by atoms with Gasteiger partial charge in [-0.15, -0.1) is 0 Å². The quantitative estimate of drug-likeness (QED) is 0.563. The molecule has 0 saturated carbocycles. The van der Waals surface area contributed by atoms with Crippen LogP contribution in [-0.4, -0.2) is 22.6 Å². The van der Waals surface area contributed by atoms with E-state index in [2.05, 4.69) is 15.8 Å². The van der Waals surface area contributed by atoms with Crippen LogP contribution in [0.5, 0.6) is 5.75 Å². The number of halogens is 1. The van der Waals surface area contributed by atoms with Gasteiger partial charge in [-0.1, -0.05) is 23.7 Å². The lowest BCUT2D eigenvalue weighted by Crippen LogP contribution is -2.21. The second-order valence-electron chi connectivity index (χ2n) is 5.48. The first-order chi connectivity index (χ1) is 11.9. The third-order valence-corrected chi connectivity index (χ3v) is 3.82. The minimum Gasteiger partial charge on any atom is -0.508 e. The maximum atomic E-state index is 12.1. The van der Waals surface area contributed by atoms with Crippen LogP contribution in [0, 0.1) is 6.92 Å². The Morgan fingerprint density at radius 1 is 1.20 bits per heavy atom. The predicted molar refractivity (Wildman–Crippen MR) is 98.1 cm³/mol. The van der Waals surface area contributed by atoms with Crippen LogP contribution in [0.4, 0.5) is 5.69 Å². The molecule has 6 nitrogen and oxygen atoms in total. The fraction of sp³-hybridized carbons (Fsp3) is 0.167. The number of hydrogen-bond donors (Lipinski definition) is 3. The second-order valence-corrected chi connectivity index (χ2v) is 5.88. The average Bonchev–Trinajstić information content (AvgIpc) is 2.56. The lowest BCUT2D eigenvalue weighted by Gasteiger charge is -2.09. The molecule has 0 fully saturated rings. The summed E-state index contributed by atoms with van der Waals surface area (Å²) in [6, 6.07) is 11.2. The van der Waals surface area contributed by atoms with Crippen molar-refractivity contribution >= 4 is 34.8 Å². The third-order valence-electron chi connectivity index (χ3n) is 3.41. The van der Waals surface area contributed by atoms with E-state index in [0.29, 0.717) is 16.4 Å². The smallest absolute Gasteiger partial charge is 0.271 e. The Labute approximate surface area is 150 Å². The van der Waals surface area contributed by atoms with Gasteiger partial charge in [0.1, 0.15) is 5.75 Å². The number of phenols is 1. The van der Waals surface area contributed by atoms with Gasteiger partial charge < -0.3 is 10.4 Å². The lowest BCUT2D eigenvalue weighted by atomic mass is 10.2. The summed E-state index contributed by atoms with van der Waals surface area (Å²) in [5, 5.41) is 16.6. The molecule has 25 heavy (non-hydrogen) atoms. The molecule has 2 amide bonds. The summed E-state index contributed by atoms with van der Waals surface area (Å²) in [5.74, 6) is -0.746. The first-order valence-electron chi connectivity index (χ1n) is 7.54. The van der Waals surface area contributed by atoms with Gasteiger partial charge in [-0.25, -0.2) is 5.43 Å². The summed E-state index contributed by atoms with van der Waals surface area (Å²) in [7, 11) is 0. The minimum absolute atomic E-state index is 0.00961. The molecule has 0 radical (unpaired) electrons. The Balaban J connectivity index is 1.93. The zero-order valence-electron chi connectivity index (χ0n) is 13.8. The highest BCUT2D eigenvalue weighted by molar-refractivity contribution is 6.31. The first-order valence-corrected chi connectivity index (χ1v) is 7.92. The van der Waals surface area contributed by atoms with Crippen LogP contribution in [0.3, 0.4) is 0 Å². The number of hydrazone groups is 1. The van der Waals surface area contributed by atoms with Crippen molar-refractivity contribution in [2.45, 2.75) is 20.3 Å². The second kappa shape index (κ2) is 8.30. The van der Waals surface area contributed by atoms with Crippen molar-refractivity contribution in [3.63, 3.8) is 0 Å². The van der Waals surface area contributed by atoms with Crippen molar-refractivity contribution in [1.29, 1.82) is 0 Å². The fourth-order valence-electron chi connectivity index (χ4n) is 2.07. The molecule has 130 valence electrons. The molecule has 0 spiro atoms. The number of carbonyl (C=O) groups is 2. The molecule has 0 aliphatic carbocycles. The number of rotatable bonds is 5. The number of hydrogen-bond acceptors (Lipinski definition) is 4. The number of nitrogens with one attached hydrogen (secondary N) is 2. The number of carbonyl (C=O) groups excluding carboxylic acids is 2. The Kier molecular flexibility index (Phi) is 6.14. The van der Waals surface area contributed by atoms with Crippen molar-refractivity contribution in [3.05, 3.63) is 58.6 Å². The van der Waals surface area contributed by atoms with E-state index < -0.39 is 5.91 Å². The van der Waals surface area contributed by atoms with Crippen molar-refractivity contribution in [1.82, 2.24) is 5.43 Å². The van der Waals surface area contributed by atoms with E-state index in [9.17, 15) is 14.7 Å². The molecule has 0 heterocycles. The molecule has 0 unspecified atom stereocenters. The Morgan fingerprint density at radius 3 is 2.64 bits per heavy atom. The Morgan fingerprint density at radius 2 is 1.92 bits per heavy atom. The highest BCUT2D eigenvalue weighted by atomic mass is 35.5. The molecule has 0 atom stereocenters. The zero-order valence-corrected chi connectivity index (χ0v) is 14.6. The molecule has 0 aliphatic heterocycles. The van der Waals surface area contributed by atoms with Gasteiger partial charge in [0.25, 0.3) is 5.91 Å². The van der Waals surface area contributed by atoms with Gasteiger partial charge in [0.2, 0.25) is 5.91 Å². The largest absolute Gasteiger partial charge is 0.508 e.